The normalized spacial score (nSPS) is 11.2. The van der Waals surface area contributed by atoms with Gasteiger partial charge in [-0.15, -0.1) is 0 Å². The van der Waals surface area contributed by atoms with Crippen molar-refractivity contribution in [3.05, 3.63) is 34.4 Å². The van der Waals surface area contributed by atoms with Crippen molar-refractivity contribution in [2.45, 2.75) is 13.8 Å². The highest BCUT2D eigenvalue weighted by molar-refractivity contribution is 8.07. The molecule has 0 atom stereocenters. The lowest BCUT2D eigenvalue weighted by Gasteiger charge is -2.20. The molecule has 0 spiro atoms. The zero-order chi connectivity index (χ0) is 13.6. The van der Waals surface area contributed by atoms with Gasteiger partial charge in [0.15, 0.2) is 0 Å². The maximum atomic E-state index is 10.8. The molecule has 1 aromatic rings. The van der Waals surface area contributed by atoms with E-state index in [0.717, 1.165) is 0 Å². The molecule has 0 unspecified atom stereocenters. The zero-order valence-corrected chi connectivity index (χ0v) is 11.8. The molecule has 1 aromatic carbocycles. The Labute approximate surface area is 110 Å². The van der Waals surface area contributed by atoms with E-state index in [1.807, 2.05) is 0 Å². The van der Waals surface area contributed by atoms with Crippen molar-refractivity contribution in [3.63, 3.8) is 0 Å². The smallest absolute Gasteiger partial charge is 0.380 e. The minimum atomic E-state index is -2.98. The molecule has 0 bridgehead atoms. The molecule has 0 amide bonds. The molecular formula is C10H14NO5PS. The van der Waals surface area contributed by atoms with Gasteiger partial charge in [-0.1, -0.05) is 12.1 Å². The molecule has 0 radical (unpaired) electrons. The first-order valence-electron chi connectivity index (χ1n) is 5.34. The summed E-state index contributed by atoms with van der Waals surface area (Å²) in [6.07, 6.45) is 0. The second kappa shape index (κ2) is 6.80. The molecule has 0 aliphatic carbocycles. The minimum absolute atomic E-state index is 0.0627. The van der Waals surface area contributed by atoms with E-state index < -0.39 is 11.6 Å². The summed E-state index contributed by atoms with van der Waals surface area (Å²) in [7, 11) is 0. The predicted octanol–water partition coefficient (Wildman–Crippen LogP) is 3.27. The third kappa shape index (κ3) is 4.03. The number of hydrogen-bond acceptors (Lipinski definition) is 6. The Morgan fingerprint density at radius 1 is 1.28 bits per heavy atom. The van der Waals surface area contributed by atoms with E-state index in [1.165, 1.54) is 12.1 Å². The first-order valence-corrected chi connectivity index (χ1v) is 7.90. The summed E-state index contributed by atoms with van der Waals surface area (Å²) < 4.78 is 15.9. The Morgan fingerprint density at radius 3 is 2.33 bits per heavy atom. The predicted molar refractivity (Wildman–Crippen MR) is 71.3 cm³/mol. The van der Waals surface area contributed by atoms with Crippen molar-refractivity contribution in [2.24, 2.45) is 0 Å². The standard InChI is InChI=1S/C10H14NO5PS/c1-3-14-17(18,15-4-2)16-10-8-6-5-7-9(10)11(12)13/h5-8H,3-4H2,1-2H3. The highest BCUT2D eigenvalue weighted by Crippen LogP contribution is 2.51. The Morgan fingerprint density at radius 2 is 1.83 bits per heavy atom. The van der Waals surface area contributed by atoms with Crippen LogP contribution in [0.25, 0.3) is 0 Å². The van der Waals surface area contributed by atoms with Crippen LogP contribution >= 0.6 is 6.72 Å². The molecular weight excluding hydrogens is 277 g/mol. The third-order valence-corrected chi connectivity index (χ3v) is 4.27. The van der Waals surface area contributed by atoms with Crippen LogP contribution in [-0.4, -0.2) is 18.1 Å². The summed E-state index contributed by atoms with van der Waals surface area (Å²) in [6, 6.07) is 5.99. The van der Waals surface area contributed by atoms with Gasteiger partial charge >= 0.3 is 12.4 Å². The van der Waals surface area contributed by atoms with Gasteiger partial charge < -0.3 is 4.52 Å². The summed E-state index contributed by atoms with van der Waals surface area (Å²) in [5, 5.41) is 10.8. The van der Waals surface area contributed by atoms with Gasteiger partial charge in [-0.05, 0) is 19.9 Å². The maximum Gasteiger partial charge on any atom is 0.380 e. The van der Waals surface area contributed by atoms with Crippen molar-refractivity contribution in [1.82, 2.24) is 0 Å². The summed E-state index contributed by atoms with van der Waals surface area (Å²) in [5.74, 6) is 0.0627. The highest BCUT2D eigenvalue weighted by atomic mass is 32.5. The van der Waals surface area contributed by atoms with Crippen LogP contribution in [0.1, 0.15) is 13.8 Å². The van der Waals surface area contributed by atoms with Crippen LogP contribution in [0.3, 0.4) is 0 Å². The molecule has 8 heteroatoms. The number of benzene rings is 1. The van der Waals surface area contributed by atoms with E-state index in [4.69, 9.17) is 25.4 Å². The van der Waals surface area contributed by atoms with Crippen molar-refractivity contribution >= 4 is 24.2 Å². The second-order valence-corrected chi connectivity index (χ2v) is 6.03. The van der Waals surface area contributed by atoms with E-state index >= 15 is 0 Å². The quantitative estimate of drug-likeness (QED) is 0.436. The first kappa shape index (κ1) is 15.0. The van der Waals surface area contributed by atoms with Gasteiger partial charge in [0.25, 0.3) is 0 Å². The molecule has 0 fully saturated rings. The molecule has 0 N–H and O–H groups in total. The molecule has 0 aliphatic heterocycles. The van der Waals surface area contributed by atoms with E-state index in [2.05, 4.69) is 0 Å². The number of nitro benzene ring substituents is 1. The lowest BCUT2D eigenvalue weighted by molar-refractivity contribution is -0.385. The van der Waals surface area contributed by atoms with Crippen LogP contribution in [0.5, 0.6) is 5.75 Å². The van der Waals surface area contributed by atoms with E-state index in [-0.39, 0.29) is 11.4 Å². The number of rotatable bonds is 7. The van der Waals surface area contributed by atoms with Crippen LogP contribution in [0.4, 0.5) is 5.69 Å². The van der Waals surface area contributed by atoms with Crippen molar-refractivity contribution in [3.8, 4) is 5.75 Å². The zero-order valence-electron chi connectivity index (χ0n) is 10.1. The van der Waals surface area contributed by atoms with Crippen LogP contribution in [-0.2, 0) is 20.9 Å². The Kier molecular flexibility index (Phi) is 5.68. The van der Waals surface area contributed by atoms with Gasteiger partial charge in [0.2, 0.25) is 5.75 Å². The number of para-hydroxylation sites is 2. The van der Waals surface area contributed by atoms with Crippen LogP contribution in [0.15, 0.2) is 24.3 Å². The average molecular weight is 291 g/mol. The molecule has 0 saturated heterocycles. The molecule has 0 heterocycles. The first-order chi connectivity index (χ1) is 8.52. The SMILES string of the molecule is CCOP(=S)(OCC)Oc1ccccc1[N+](=O)[O-]. The molecule has 0 aliphatic rings. The van der Waals surface area contributed by atoms with Gasteiger partial charge in [0.1, 0.15) is 0 Å². The van der Waals surface area contributed by atoms with Crippen LogP contribution < -0.4 is 4.52 Å². The Balaban J connectivity index is 3.01. The second-order valence-electron chi connectivity index (χ2n) is 3.10. The fourth-order valence-electron chi connectivity index (χ4n) is 1.21. The lowest BCUT2D eigenvalue weighted by Crippen LogP contribution is -2.03. The molecule has 18 heavy (non-hydrogen) atoms. The van der Waals surface area contributed by atoms with Gasteiger partial charge in [0.05, 0.1) is 18.1 Å². The minimum Gasteiger partial charge on any atom is -0.417 e. The van der Waals surface area contributed by atoms with Gasteiger partial charge in [0, 0.05) is 17.9 Å². The Bertz CT molecular complexity index is 457. The topological polar surface area (TPSA) is 70.8 Å². The summed E-state index contributed by atoms with van der Waals surface area (Å²) in [6.45, 7) is 1.16. The fraction of sp³-hybridized carbons (Fsp3) is 0.400. The molecule has 6 nitrogen and oxygen atoms in total. The largest absolute Gasteiger partial charge is 0.417 e. The van der Waals surface area contributed by atoms with E-state index in [9.17, 15) is 10.1 Å². The molecule has 0 saturated carbocycles. The average Bonchev–Trinajstić information content (AvgIpc) is 2.29. The number of hydrogen-bond donors (Lipinski definition) is 0. The third-order valence-electron chi connectivity index (χ3n) is 1.85. The van der Waals surface area contributed by atoms with Crippen molar-refractivity contribution in [2.75, 3.05) is 13.2 Å². The number of nitrogens with zero attached hydrogens (tertiary/aromatic N) is 1. The Hall–Kier alpha value is -1.01. The monoisotopic (exact) mass is 291 g/mol. The summed E-state index contributed by atoms with van der Waals surface area (Å²) >= 11 is 5.15. The summed E-state index contributed by atoms with van der Waals surface area (Å²) in [4.78, 5) is 10.3. The summed E-state index contributed by atoms with van der Waals surface area (Å²) in [5.41, 5.74) is -0.161. The number of nitro groups is 1. The molecule has 100 valence electrons. The van der Waals surface area contributed by atoms with Crippen LogP contribution in [0, 0.1) is 10.1 Å². The van der Waals surface area contributed by atoms with Crippen molar-refractivity contribution < 1.29 is 18.5 Å². The van der Waals surface area contributed by atoms with Gasteiger partial charge in [-0.25, -0.2) is 0 Å². The van der Waals surface area contributed by atoms with Gasteiger partial charge in [-0.3, -0.25) is 19.2 Å². The fourth-order valence-corrected chi connectivity index (χ4v) is 3.29. The molecule has 1 rings (SSSR count). The molecule has 0 aromatic heterocycles. The van der Waals surface area contributed by atoms with E-state index in [0.29, 0.717) is 13.2 Å². The highest BCUT2D eigenvalue weighted by Gasteiger charge is 2.25. The van der Waals surface area contributed by atoms with Crippen LogP contribution in [0.2, 0.25) is 0 Å². The lowest BCUT2D eigenvalue weighted by atomic mass is 10.3. The maximum absolute atomic E-state index is 10.8. The van der Waals surface area contributed by atoms with E-state index in [1.54, 1.807) is 26.0 Å². The van der Waals surface area contributed by atoms with Gasteiger partial charge in [-0.2, -0.15) is 0 Å². The van der Waals surface area contributed by atoms with Crippen molar-refractivity contribution in [1.29, 1.82) is 0 Å².